The molecule has 0 bridgehead atoms. The fourth-order valence-corrected chi connectivity index (χ4v) is 3.40. The summed E-state index contributed by atoms with van der Waals surface area (Å²) < 4.78 is 17.7. The molecule has 0 amide bonds. The standard InChI is InChI=1S/C23H29NO6/c1-6-21(25)18-7-9-19(10-8-18)29-14-23(27)30-13-22(26)20-11-15(2)24(17(20)4)16(3)12-28-5/h7-11,16H,6,12-14H2,1-5H3. The fourth-order valence-electron chi connectivity index (χ4n) is 3.40. The van der Waals surface area contributed by atoms with Gasteiger partial charge < -0.3 is 18.8 Å². The third kappa shape index (κ3) is 5.79. The maximum Gasteiger partial charge on any atom is 0.344 e. The number of carbonyl (C=O) groups is 3. The molecule has 7 heteroatoms. The first-order chi connectivity index (χ1) is 14.3. The van der Waals surface area contributed by atoms with Crippen molar-refractivity contribution in [1.29, 1.82) is 0 Å². The highest BCUT2D eigenvalue weighted by Crippen LogP contribution is 2.21. The fraction of sp³-hybridized carbons (Fsp3) is 0.435. The molecule has 0 aliphatic carbocycles. The van der Waals surface area contributed by atoms with Gasteiger partial charge in [0.2, 0.25) is 5.78 Å². The lowest BCUT2D eigenvalue weighted by atomic mass is 10.1. The van der Waals surface area contributed by atoms with Crippen LogP contribution in [0.1, 0.15) is 58.4 Å². The van der Waals surface area contributed by atoms with Crippen molar-refractivity contribution in [2.24, 2.45) is 0 Å². The van der Waals surface area contributed by atoms with Gasteiger partial charge in [-0.25, -0.2) is 4.79 Å². The molecule has 0 saturated heterocycles. The normalized spacial score (nSPS) is 11.8. The highest BCUT2D eigenvalue weighted by molar-refractivity contribution is 5.99. The summed E-state index contributed by atoms with van der Waals surface area (Å²) >= 11 is 0. The van der Waals surface area contributed by atoms with Crippen LogP contribution in [0, 0.1) is 13.8 Å². The van der Waals surface area contributed by atoms with Crippen LogP contribution in [0.2, 0.25) is 0 Å². The van der Waals surface area contributed by atoms with Gasteiger partial charge in [-0.1, -0.05) is 6.92 Å². The van der Waals surface area contributed by atoms with E-state index in [9.17, 15) is 14.4 Å². The number of ether oxygens (including phenoxy) is 3. The van der Waals surface area contributed by atoms with Crippen molar-refractivity contribution in [3.8, 4) is 5.75 Å². The Bertz CT molecular complexity index is 897. The van der Waals surface area contributed by atoms with E-state index in [1.807, 2.05) is 25.3 Å². The number of Topliss-reactive ketones (excluding diaryl/α,β-unsaturated/α-hetero) is 2. The van der Waals surface area contributed by atoms with Crippen LogP contribution in [0.25, 0.3) is 0 Å². The molecule has 30 heavy (non-hydrogen) atoms. The number of nitrogens with zero attached hydrogens (tertiary/aromatic N) is 1. The van der Waals surface area contributed by atoms with Crippen molar-refractivity contribution in [1.82, 2.24) is 4.57 Å². The highest BCUT2D eigenvalue weighted by atomic mass is 16.6. The number of ketones is 2. The quantitative estimate of drug-likeness (QED) is 0.411. The van der Waals surface area contributed by atoms with Crippen LogP contribution >= 0.6 is 0 Å². The Hall–Kier alpha value is -2.93. The lowest BCUT2D eigenvalue weighted by molar-refractivity contribution is -0.144. The van der Waals surface area contributed by atoms with Crippen molar-refractivity contribution in [2.45, 2.75) is 40.2 Å². The molecule has 0 fully saturated rings. The van der Waals surface area contributed by atoms with Crippen LogP contribution in [0.4, 0.5) is 0 Å². The van der Waals surface area contributed by atoms with E-state index in [1.54, 1.807) is 44.4 Å². The monoisotopic (exact) mass is 415 g/mol. The van der Waals surface area contributed by atoms with E-state index >= 15 is 0 Å². The van der Waals surface area contributed by atoms with Gasteiger partial charge in [0.1, 0.15) is 5.75 Å². The van der Waals surface area contributed by atoms with E-state index in [0.717, 1.165) is 11.4 Å². The molecule has 7 nitrogen and oxygen atoms in total. The number of aryl methyl sites for hydroxylation is 1. The molecule has 1 aromatic heterocycles. The summed E-state index contributed by atoms with van der Waals surface area (Å²) in [6.45, 7) is 7.46. The second-order valence-corrected chi connectivity index (χ2v) is 7.13. The van der Waals surface area contributed by atoms with Crippen LogP contribution in [0.3, 0.4) is 0 Å². The average molecular weight is 415 g/mol. The van der Waals surface area contributed by atoms with Crippen molar-refractivity contribution in [3.63, 3.8) is 0 Å². The van der Waals surface area contributed by atoms with Crippen LogP contribution in [0.15, 0.2) is 30.3 Å². The number of hydrogen-bond acceptors (Lipinski definition) is 6. The Morgan fingerprint density at radius 1 is 1.03 bits per heavy atom. The summed E-state index contributed by atoms with van der Waals surface area (Å²) in [5.41, 5.74) is 2.88. The molecule has 1 unspecified atom stereocenters. The van der Waals surface area contributed by atoms with E-state index in [1.165, 1.54) is 0 Å². The van der Waals surface area contributed by atoms with Crippen molar-refractivity contribution >= 4 is 17.5 Å². The minimum Gasteiger partial charge on any atom is -0.482 e. The summed E-state index contributed by atoms with van der Waals surface area (Å²) in [4.78, 5) is 36.1. The molecule has 0 N–H and O–H groups in total. The molecule has 0 aliphatic heterocycles. The van der Waals surface area contributed by atoms with Gasteiger partial charge in [0, 0.05) is 36.0 Å². The Labute approximate surface area is 176 Å². The molecule has 162 valence electrons. The molecule has 1 aromatic carbocycles. The number of esters is 1. The summed E-state index contributed by atoms with van der Waals surface area (Å²) in [5.74, 6) is -0.426. The predicted octanol–water partition coefficient (Wildman–Crippen LogP) is 3.71. The Morgan fingerprint density at radius 3 is 2.30 bits per heavy atom. The molecule has 0 radical (unpaired) electrons. The van der Waals surface area contributed by atoms with Gasteiger partial charge in [-0.15, -0.1) is 0 Å². The smallest absolute Gasteiger partial charge is 0.344 e. The van der Waals surface area contributed by atoms with Gasteiger partial charge in [0.25, 0.3) is 0 Å². The number of rotatable bonds is 11. The van der Waals surface area contributed by atoms with Crippen molar-refractivity contribution in [3.05, 3.63) is 52.8 Å². The highest BCUT2D eigenvalue weighted by Gasteiger charge is 2.20. The van der Waals surface area contributed by atoms with Gasteiger partial charge in [-0.3, -0.25) is 9.59 Å². The largest absolute Gasteiger partial charge is 0.482 e. The molecule has 0 aliphatic rings. The summed E-state index contributed by atoms with van der Waals surface area (Å²) in [5, 5.41) is 0. The Morgan fingerprint density at radius 2 is 1.70 bits per heavy atom. The topological polar surface area (TPSA) is 83.8 Å². The molecule has 2 aromatic rings. The molecule has 2 rings (SSSR count). The first-order valence-electron chi connectivity index (χ1n) is 9.90. The zero-order chi connectivity index (χ0) is 22.3. The van der Waals surface area contributed by atoms with Gasteiger partial charge >= 0.3 is 5.97 Å². The first kappa shape index (κ1) is 23.3. The Balaban J connectivity index is 1.88. The van der Waals surface area contributed by atoms with E-state index in [2.05, 4.69) is 0 Å². The molecule has 1 heterocycles. The van der Waals surface area contributed by atoms with E-state index in [0.29, 0.717) is 29.9 Å². The van der Waals surface area contributed by atoms with Crippen molar-refractivity contribution in [2.75, 3.05) is 26.9 Å². The molecule has 0 saturated carbocycles. The van der Waals surface area contributed by atoms with E-state index in [4.69, 9.17) is 14.2 Å². The van der Waals surface area contributed by atoms with Crippen LogP contribution in [0.5, 0.6) is 5.75 Å². The number of hydrogen-bond donors (Lipinski definition) is 0. The average Bonchev–Trinajstić information content (AvgIpc) is 3.04. The SMILES string of the molecule is CCC(=O)c1ccc(OCC(=O)OCC(=O)c2cc(C)n(C(C)COC)c2C)cc1. The predicted molar refractivity (Wildman–Crippen MR) is 112 cm³/mol. The first-order valence-corrected chi connectivity index (χ1v) is 9.90. The van der Waals surface area contributed by atoms with E-state index in [-0.39, 0.29) is 30.8 Å². The minimum atomic E-state index is -0.640. The van der Waals surface area contributed by atoms with Crippen LogP contribution in [-0.2, 0) is 14.3 Å². The third-order valence-corrected chi connectivity index (χ3v) is 4.85. The lowest BCUT2D eigenvalue weighted by Crippen LogP contribution is -2.20. The van der Waals surface area contributed by atoms with Crippen LogP contribution < -0.4 is 4.74 Å². The number of methoxy groups -OCH3 is 1. The zero-order valence-electron chi connectivity index (χ0n) is 18.2. The molecular formula is C23H29NO6. The lowest BCUT2D eigenvalue weighted by Gasteiger charge is -2.17. The Kier molecular flexibility index (Phi) is 8.35. The summed E-state index contributed by atoms with van der Waals surface area (Å²) in [6.07, 6.45) is 0.425. The van der Waals surface area contributed by atoms with Gasteiger partial charge in [-0.05, 0) is 51.1 Å². The second-order valence-electron chi connectivity index (χ2n) is 7.13. The maximum atomic E-state index is 12.5. The zero-order valence-corrected chi connectivity index (χ0v) is 18.2. The van der Waals surface area contributed by atoms with E-state index < -0.39 is 5.97 Å². The van der Waals surface area contributed by atoms with Gasteiger partial charge in [0.15, 0.2) is 19.0 Å². The molecular weight excluding hydrogens is 386 g/mol. The van der Waals surface area contributed by atoms with Gasteiger partial charge in [-0.2, -0.15) is 0 Å². The van der Waals surface area contributed by atoms with Crippen LogP contribution in [-0.4, -0.2) is 49.0 Å². The minimum absolute atomic E-state index is 0.0375. The number of carbonyl (C=O) groups excluding carboxylic acids is 3. The molecule has 1 atom stereocenters. The molecule has 0 spiro atoms. The summed E-state index contributed by atoms with van der Waals surface area (Å²) in [6, 6.07) is 8.43. The number of aromatic nitrogens is 1. The van der Waals surface area contributed by atoms with Crippen molar-refractivity contribution < 1.29 is 28.6 Å². The summed E-state index contributed by atoms with van der Waals surface area (Å²) in [7, 11) is 1.64. The maximum absolute atomic E-state index is 12.5. The second kappa shape index (κ2) is 10.7. The van der Waals surface area contributed by atoms with Gasteiger partial charge in [0.05, 0.1) is 12.6 Å². The third-order valence-electron chi connectivity index (χ3n) is 4.85. The number of benzene rings is 1.